The molecule has 3 rings (SSSR count). The average Bonchev–Trinajstić information content (AvgIpc) is 3.02. The Hall–Kier alpha value is -3.90. The minimum absolute atomic E-state index is 0.314. The van der Waals surface area contributed by atoms with Gasteiger partial charge in [0.2, 0.25) is 12.1 Å². The van der Waals surface area contributed by atoms with Crippen molar-refractivity contribution in [3.05, 3.63) is 65.7 Å². The van der Waals surface area contributed by atoms with E-state index in [4.69, 9.17) is 4.74 Å². The van der Waals surface area contributed by atoms with Crippen LogP contribution in [-0.2, 0) is 19.1 Å². The summed E-state index contributed by atoms with van der Waals surface area (Å²) in [5.74, 6) is -6.45. The van der Waals surface area contributed by atoms with Crippen LogP contribution in [0.5, 0.6) is 0 Å². The van der Waals surface area contributed by atoms with Crippen molar-refractivity contribution >= 4 is 29.2 Å². The molecule has 13 heteroatoms. The summed E-state index contributed by atoms with van der Waals surface area (Å²) in [6.45, 7) is 4.41. The van der Waals surface area contributed by atoms with Crippen LogP contribution in [0.4, 0.5) is 32.0 Å². The van der Waals surface area contributed by atoms with Crippen LogP contribution in [0.15, 0.2) is 59.6 Å². The number of rotatable bonds is 10. The number of nitrogens with zero attached hydrogens (tertiary/aromatic N) is 1. The third kappa shape index (κ3) is 10.4. The molecule has 0 bridgehead atoms. The number of carbonyl (C=O) groups is 3. The van der Waals surface area contributed by atoms with Crippen LogP contribution in [0.25, 0.3) is 0 Å². The molecule has 2 aromatic rings. The highest BCUT2D eigenvalue weighted by Gasteiger charge is 2.41. The highest BCUT2D eigenvalue weighted by molar-refractivity contribution is 6.19. The lowest BCUT2D eigenvalue weighted by Crippen LogP contribution is -2.48. The van der Waals surface area contributed by atoms with Crippen molar-refractivity contribution in [2.24, 2.45) is 16.8 Å². The van der Waals surface area contributed by atoms with E-state index in [1.165, 1.54) is 20.8 Å². The number of hydrogen-bond donors (Lipinski definition) is 2. The monoisotopic (exact) mass is 613 g/mol. The number of carbonyl (C=O) groups excluding carboxylic acids is 3. The minimum atomic E-state index is -4.71. The lowest BCUT2D eigenvalue weighted by molar-refractivity contribution is -0.168. The van der Waals surface area contributed by atoms with Crippen molar-refractivity contribution in [2.45, 2.75) is 77.0 Å². The van der Waals surface area contributed by atoms with Gasteiger partial charge in [0.25, 0.3) is 5.91 Å². The molecule has 1 aliphatic rings. The summed E-state index contributed by atoms with van der Waals surface area (Å²) in [6.07, 6.45) is -15.9. The highest BCUT2D eigenvalue weighted by Crippen LogP contribution is 2.34. The van der Waals surface area contributed by atoms with Crippen LogP contribution in [0.3, 0.4) is 0 Å². The van der Waals surface area contributed by atoms with E-state index < -0.39 is 85.8 Å². The zero-order valence-corrected chi connectivity index (χ0v) is 23.8. The number of fused-ring (bicyclic) bond motifs is 1. The molecule has 0 aliphatic carbocycles. The standard InChI is InChI=1S/C30H33F6N3O4/c1-28(2,3)43-27(42)20(15-17-30(34,35)36)19(13-9-16-29(31,32)33)25(40)39-24-26(41)37-22-14-8-7-12-21(22)23(38-24)18-10-5-4-6-11-18/h4-8,10-12,14,19-20,24H,9,13,15-17H2,1-3H3,(H,37,41)(H,39,40)/t19-,20+,24-/m1/s1. The van der Waals surface area contributed by atoms with Crippen LogP contribution in [-0.4, -0.2) is 47.6 Å². The van der Waals surface area contributed by atoms with E-state index in [1.807, 2.05) is 0 Å². The quantitative estimate of drug-likeness (QED) is 0.234. The van der Waals surface area contributed by atoms with Gasteiger partial charge in [0, 0.05) is 24.0 Å². The predicted molar refractivity (Wildman–Crippen MR) is 147 cm³/mol. The molecule has 2 N–H and O–H groups in total. The van der Waals surface area contributed by atoms with E-state index in [0.29, 0.717) is 22.5 Å². The minimum Gasteiger partial charge on any atom is -0.460 e. The summed E-state index contributed by atoms with van der Waals surface area (Å²) in [5, 5.41) is 5.03. The van der Waals surface area contributed by atoms with E-state index in [1.54, 1.807) is 54.6 Å². The van der Waals surface area contributed by atoms with Crippen molar-refractivity contribution in [2.75, 3.05) is 5.32 Å². The summed E-state index contributed by atoms with van der Waals surface area (Å²) in [7, 11) is 0. The highest BCUT2D eigenvalue weighted by atomic mass is 19.4. The maximum absolute atomic E-state index is 13.6. The number of aliphatic imine (C=N–C) groups is 1. The molecule has 234 valence electrons. The number of halogens is 6. The zero-order chi connectivity index (χ0) is 32.0. The molecular weight excluding hydrogens is 580 g/mol. The number of anilines is 1. The largest absolute Gasteiger partial charge is 0.460 e. The first kappa shape index (κ1) is 33.6. The molecule has 1 heterocycles. The van der Waals surface area contributed by atoms with E-state index in [0.717, 1.165) is 0 Å². The fourth-order valence-corrected chi connectivity index (χ4v) is 4.64. The number of nitrogens with one attached hydrogen (secondary N) is 2. The molecule has 43 heavy (non-hydrogen) atoms. The van der Waals surface area contributed by atoms with Crippen molar-refractivity contribution in [1.82, 2.24) is 5.32 Å². The molecule has 2 aromatic carbocycles. The lowest BCUT2D eigenvalue weighted by Gasteiger charge is -2.29. The summed E-state index contributed by atoms with van der Waals surface area (Å²) in [5.41, 5.74) is 0.656. The number of alkyl halides is 6. The van der Waals surface area contributed by atoms with E-state index in [2.05, 4.69) is 15.6 Å². The average molecular weight is 614 g/mol. The molecule has 0 saturated carbocycles. The van der Waals surface area contributed by atoms with Gasteiger partial charge in [-0.3, -0.25) is 14.4 Å². The molecule has 0 fully saturated rings. The Kier molecular flexibility index (Phi) is 10.6. The number of benzene rings is 2. The molecule has 7 nitrogen and oxygen atoms in total. The molecule has 0 saturated heterocycles. The van der Waals surface area contributed by atoms with Crippen LogP contribution < -0.4 is 10.6 Å². The number of esters is 1. The number of amides is 2. The van der Waals surface area contributed by atoms with Gasteiger partial charge in [-0.1, -0.05) is 48.5 Å². The van der Waals surface area contributed by atoms with Crippen LogP contribution in [0, 0.1) is 11.8 Å². The first-order valence-corrected chi connectivity index (χ1v) is 13.6. The second-order valence-electron chi connectivity index (χ2n) is 11.2. The summed E-state index contributed by atoms with van der Waals surface area (Å²) in [6, 6.07) is 15.4. The van der Waals surface area contributed by atoms with Crippen molar-refractivity contribution < 1.29 is 45.5 Å². The Bertz CT molecular complexity index is 1320. The first-order valence-electron chi connectivity index (χ1n) is 13.6. The van der Waals surface area contributed by atoms with Crippen LogP contribution >= 0.6 is 0 Å². The van der Waals surface area contributed by atoms with Crippen molar-refractivity contribution in [3.63, 3.8) is 0 Å². The van der Waals surface area contributed by atoms with Gasteiger partial charge in [0.1, 0.15) is 5.60 Å². The Morgan fingerprint density at radius 1 is 0.884 bits per heavy atom. The summed E-state index contributed by atoms with van der Waals surface area (Å²) in [4.78, 5) is 44.4. The lowest BCUT2D eigenvalue weighted by atomic mass is 9.83. The third-order valence-electron chi connectivity index (χ3n) is 6.52. The van der Waals surface area contributed by atoms with Gasteiger partial charge >= 0.3 is 18.3 Å². The third-order valence-corrected chi connectivity index (χ3v) is 6.52. The normalized spacial score (nSPS) is 17.1. The fourth-order valence-electron chi connectivity index (χ4n) is 4.64. The summed E-state index contributed by atoms with van der Waals surface area (Å²) < 4.78 is 83.9. The second kappa shape index (κ2) is 13.6. The maximum atomic E-state index is 13.6. The van der Waals surface area contributed by atoms with Gasteiger partial charge in [-0.05, 0) is 46.1 Å². The smallest absolute Gasteiger partial charge is 0.389 e. The van der Waals surface area contributed by atoms with Gasteiger partial charge in [-0.15, -0.1) is 0 Å². The van der Waals surface area contributed by atoms with E-state index >= 15 is 0 Å². The van der Waals surface area contributed by atoms with Crippen LogP contribution in [0.1, 0.15) is 64.0 Å². The SMILES string of the molecule is CC(C)(C)OC(=O)[C@@H](CCC(F)(F)F)[C@@H](CCCC(F)(F)F)C(=O)N[C@H]1N=C(c2ccccc2)c2ccccc2NC1=O. The molecule has 1 aliphatic heterocycles. The molecule has 0 radical (unpaired) electrons. The number of ether oxygens (including phenoxy) is 1. The second-order valence-corrected chi connectivity index (χ2v) is 11.2. The van der Waals surface area contributed by atoms with Gasteiger partial charge in [0.05, 0.1) is 23.2 Å². The Labute approximate surface area is 245 Å². The van der Waals surface area contributed by atoms with Gasteiger partial charge in [0.15, 0.2) is 0 Å². The summed E-state index contributed by atoms with van der Waals surface area (Å²) >= 11 is 0. The Morgan fingerprint density at radius 2 is 1.49 bits per heavy atom. The van der Waals surface area contributed by atoms with Gasteiger partial charge < -0.3 is 15.4 Å². The number of para-hydroxylation sites is 1. The maximum Gasteiger partial charge on any atom is 0.389 e. The molecule has 3 atom stereocenters. The predicted octanol–water partition coefficient (Wildman–Crippen LogP) is 6.57. The number of hydrogen-bond acceptors (Lipinski definition) is 5. The molecule has 0 aromatic heterocycles. The van der Waals surface area contributed by atoms with Crippen LogP contribution in [0.2, 0.25) is 0 Å². The molecular formula is C30H33F6N3O4. The fraction of sp³-hybridized carbons (Fsp3) is 0.467. The number of benzodiazepines with no additional fused rings is 1. The Balaban J connectivity index is 2.00. The molecule has 0 spiro atoms. The van der Waals surface area contributed by atoms with Gasteiger partial charge in [-0.2, -0.15) is 26.3 Å². The molecule has 2 amide bonds. The zero-order valence-electron chi connectivity index (χ0n) is 23.8. The van der Waals surface area contributed by atoms with E-state index in [9.17, 15) is 40.7 Å². The van der Waals surface area contributed by atoms with Crippen molar-refractivity contribution in [1.29, 1.82) is 0 Å². The van der Waals surface area contributed by atoms with E-state index in [-0.39, 0.29) is 0 Å². The molecule has 0 unspecified atom stereocenters. The first-order chi connectivity index (χ1) is 19.9. The Morgan fingerprint density at radius 3 is 2.09 bits per heavy atom. The van der Waals surface area contributed by atoms with Crippen molar-refractivity contribution in [3.8, 4) is 0 Å². The van der Waals surface area contributed by atoms with Gasteiger partial charge in [-0.25, -0.2) is 4.99 Å². The topological polar surface area (TPSA) is 96.9 Å².